The second-order valence-corrected chi connectivity index (χ2v) is 8.51. The Kier molecular flexibility index (Phi) is 5.54. The van der Waals surface area contributed by atoms with E-state index < -0.39 is 0 Å². The summed E-state index contributed by atoms with van der Waals surface area (Å²) in [6.45, 7) is 4.77. The molecule has 156 valence electrons. The van der Waals surface area contributed by atoms with Crippen LogP contribution < -0.4 is 10.1 Å². The Morgan fingerprint density at radius 3 is 2.86 bits per heavy atom. The Balaban J connectivity index is 1.25. The molecule has 6 nitrogen and oxygen atoms in total. The summed E-state index contributed by atoms with van der Waals surface area (Å²) < 4.78 is 10.5. The molecule has 6 heteroatoms. The van der Waals surface area contributed by atoms with Crippen molar-refractivity contribution in [1.82, 2.24) is 10.2 Å². The Morgan fingerprint density at radius 1 is 1.38 bits per heavy atom. The number of hydrogen-bond acceptors (Lipinski definition) is 5. The van der Waals surface area contributed by atoms with Crippen LogP contribution in [0.25, 0.3) is 0 Å². The molecule has 2 heterocycles. The number of rotatable bonds is 7. The lowest BCUT2D eigenvalue weighted by atomic mass is 9.89. The van der Waals surface area contributed by atoms with Crippen LogP contribution in [-0.4, -0.2) is 42.2 Å². The van der Waals surface area contributed by atoms with Gasteiger partial charge in [-0.3, -0.25) is 4.79 Å². The van der Waals surface area contributed by atoms with E-state index in [-0.39, 0.29) is 23.0 Å². The zero-order valence-corrected chi connectivity index (χ0v) is 17.2. The van der Waals surface area contributed by atoms with Crippen LogP contribution in [-0.2, 0) is 17.8 Å². The van der Waals surface area contributed by atoms with E-state index in [1.807, 2.05) is 24.3 Å². The van der Waals surface area contributed by atoms with E-state index in [9.17, 15) is 9.90 Å². The minimum atomic E-state index is 0.149. The molecule has 1 amide bonds. The minimum Gasteiger partial charge on any atom is -0.504 e. The number of amides is 1. The molecule has 0 bridgehead atoms. The van der Waals surface area contributed by atoms with E-state index in [0.717, 1.165) is 50.1 Å². The Bertz CT molecular complexity index is 841. The lowest BCUT2D eigenvalue weighted by molar-refractivity contribution is -0.123. The van der Waals surface area contributed by atoms with E-state index in [2.05, 4.69) is 17.1 Å². The van der Waals surface area contributed by atoms with Gasteiger partial charge < -0.3 is 24.5 Å². The van der Waals surface area contributed by atoms with Gasteiger partial charge in [0.2, 0.25) is 5.91 Å². The number of aromatic hydroxyl groups is 1. The molecule has 2 fully saturated rings. The van der Waals surface area contributed by atoms with Gasteiger partial charge in [-0.15, -0.1) is 0 Å². The fourth-order valence-electron chi connectivity index (χ4n) is 4.71. The quantitative estimate of drug-likeness (QED) is 0.748. The molecule has 2 aliphatic rings. The Morgan fingerprint density at radius 2 is 2.17 bits per heavy atom. The first-order chi connectivity index (χ1) is 14.0. The topological polar surface area (TPSA) is 74.9 Å². The average Bonchev–Trinajstić information content (AvgIpc) is 3.17. The number of methoxy groups -OCH3 is 1. The summed E-state index contributed by atoms with van der Waals surface area (Å²) in [6, 6.07) is 9.70. The van der Waals surface area contributed by atoms with Gasteiger partial charge in [0.1, 0.15) is 5.76 Å². The van der Waals surface area contributed by atoms with Gasteiger partial charge in [-0.2, -0.15) is 0 Å². The van der Waals surface area contributed by atoms with Crippen molar-refractivity contribution in [3.8, 4) is 11.5 Å². The van der Waals surface area contributed by atoms with E-state index >= 15 is 0 Å². The molecule has 29 heavy (non-hydrogen) atoms. The normalized spacial score (nSPS) is 21.7. The summed E-state index contributed by atoms with van der Waals surface area (Å²) in [4.78, 5) is 15.0. The highest BCUT2D eigenvalue weighted by atomic mass is 16.5. The number of likely N-dealkylation sites (tertiary alicyclic amines) is 1. The fourth-order valence-corrected chi connectivity index (χ4v) is 4.71. The van der Waals surface area contributed by atoms with Crippen LogP contribution in [0.15, 0.2) is 41.0 Å². The summed E-state index contributed by atoms with van der Waals surface area (Å²) in [5, 5.41) is 12.8. The Labute approximate surface area is 171 Å². The van der Waals surface area contributed by atoms with Crippen LogP contribution in [0.2, 0.25) is 0 Å². The number of nitrogens with one attached hydrogen (secondary N) is 1. The summed E-state index contributed by atoms with van der Waals surface area (Å²) in [6.07, 6.45) is 5.71. The van der Waals surface area contributed by atoms with Crippen molar-refractivity contribution in [1.29, 1.82) is 0 Å². The molecule has 1 aliphatic heterocycles. The molecule has 1 saturated heterocycles. The second kappa shape index (κ2) is 8.11. The molecular formula is C23H30N2O4. The van der Waals surface area contributed by atoms with Gasteiger partial charge in [-0.05, 0) is 80.9 Å². The zero-order valence-electron chi connectivity index (χ0n) is 17.2. The Hall–Kier alpha value is -2.47. The molecule has 0 radical (unpaired) electrons. The van der Waals surface area contributed by atoms with E-state index in [4.69, 9.17) is 9.15 Å². The second-order valence-electron chi connectivity index (χ2n) is 8.51. The van der Waals surface area contributed by atoms with Crippen LogP contribution in [0.1, 0.15) is 37.5 Å². The maximum Gasteiger partial charge on any atom is 0.224 e. The summed E-state index contributed by atoms with van der Waals surface area (Å²) >= 11 is 0. The number of benzene rings is 1. The molecule has 2 aromatic rings. The van der Waals surface area contributed by atoms with Gasteiger partial charge in [-0.25, -0.2) is 0 Å². The smallest absolute Gasteiger partial charge is 0.224 e. The number of furan rings is 1. The van der Waals surface area contributed by atoms with Crippen molar-refractivity contribution in [3.63, 3.8) is 0 Å². The van der Waals surface area contributed by atoms with Gasteiger partial charge in [-0.1, -0.05) is 6.07 Å². The van der Waals surface area contributed by atoms with Gasteiger partial charge >= 0.3 is 0 Å². The molecule has 1 spiro atoms. The third kappa shape index (κ3) is 4.27. The van der Waals surface area contributed by atoms with Gasteiger partial charge in [0.25, 0.3) is 0 Å². The molecular weight excluding hydrogens is 368 g/mol. The lowest BCUT2D eigenvalue weighted by Gasteiger charge is -2.37. The predicted octanol–water partition coefficient (Wildman–Crippen LogP) is 3.34. The van der Waals surface area contributed by atoms with Crippen molar-refractivity contribution in [3.05, 3.63) is 47.9 Å². The first kappa shape index (κ1) is 19.8. The first-order valence-electron chi connectivity index (χ1n) is 10.4. The molecule has 0 unspecified atom stereocenters. The van der Waals surface area contributed by atoms with Crippen molar-refractivity contribution in [2.45, 2.75) is 45.2 Å². The van der Waals surface area contributed by atoms with Gasteiger partial charge in [0, 0.05) is 12.0 Å². The highest BCUT2D eigenvalue weighted by molar-refractivity contribution is 5.82. The van der Waals surface area contributed by atoms with Gasteiger partial charge in [0.05, 0.1) is 19.9 Å². The largest absolute Gasteiger partial charge is 0.504 e. The molecule has 1 aromatic heterocycles. The number of carbonyl (C=O) groups is 1. The van der Waals surface area contributed by atoms with Crippen LogP contribution >= 0.6 is 0 Å². The number of hydrogen-bond donors (Lipinski definition) is 2. The van der Waals surface area contributed by atoms with E-state index in [1.54, 1.807) is 19.4 Å². The maximum absolute atomic E-state index is 12.5. The highest BCUT2D eigenvalue weighted by Crippen LogP contribution is 2.59. The third-order valence-corrected chi connectivity index (χ3v) is 6.72. The molecule has 2 atom stereocenters. The number of piperidine rings is 1. The monoisotopic (exact) mass is 398 g/mol. The molecule has 2 N–H and O–H groups in total. The van der Waals surface area contributed by atoms with E-state index in [0.29, 0.717) is 18.3 Å². The summed E-state index contributed by atoms with van der Waals surface area (Å²) in [5.74, 6) is 1.81. The molecule has 1 saturated carbocycles. The van der Waals surface area contributed by atoms with Gasteiger partial charge in [0.15, 0.2) is 11.5 Å². The maximum atomic E-state index is 12.5. The summed E-state index contributed by atoms with van der Waals surface area (Å²) in [5.41, 5.74) is 1.36. The lowest BCUT2D eigenvalue weighted by Crippen LogP contribution is -2.42. The fraction of sp³-hybridized carbons (Fsp3) is 0.522. The number of phenols is 1. The first-order valence-corrected chi connectivity index (χ1v) is 10.4. The number of phenolic OH excluding ortho intramolecular Hbond substituents is 1. The van der Waals surface area contributed by atoms with Crippen LogP contribution in [0.5, 0.6) is 11.5 Å². The number of carbonyl (C=O) groups excluding carboxylic acids is 1. The zero-order chi connectivity index (χ0) is 20.4. The summed E-state index contributed by atoms with van der Waals surface area (Å²) in [7, 11) is 1.57. The minimum absolute atomic E-state index is 0.149. The standard InChI is InChI=1S/C23H30N2O4/c1-16(12-17-5-6-20(26)21(13-17)28-2)25-9-7-23(8-10-25)14-19(23)22(27)24-15-18-4-3-11-29-18/h3-6,11,13,16,19,26H,7-10,12,14-15H2,1-2H3,(H,24,27)/t16-,19-/m0/s1. The predicted molar refractivity (Wildman–Crippen MR) is 110 cm³/mol. The van der Waals surface area contributed by atoms with Crippen LogP contribution in [0.4, 0.5) is 0 Å². The van der Waals surface area contributed by atoms with Crippen LogP contribution in [0.3, 0.4) is 0 Å². The average molecular weight is 399 g/mol. The van der Waals surface area contributed by atoms with Crippen molar-refractivity contribution < 1.29 is 19.1 Å². The number of ether oxygens (including phenoxy) is 1. The molecule has 1 aliphatic carbocycles. The van der Waals surface area contributed by atoms with Crippen molar-refractivity contribution >= 4 is 5.91 Å². The SMILES string of the molecule is COc1cc(C[C@H](C)N2CCC3(CC2)C[C@H]3C(=O)NCc2ccco2)ccc1O. The van der Waals surface area contributed by atoms with Crippen molar-refractivity contribution in [2.24, 2.45) is 11.3 Å². The third-order valence-electron chi connectivity index (χ3n) is 6.72. The van der Waals surface area contributed by atoms with Crippen LogP contribution in [0, 0.1) is 11.3 Å². The molecule has 1 aromatic carbocycles. The van der Waals surface area contributed by atoms with Crippen molar-refractivity contribution in [2.75, 3.05) is 20.2 Å². The highest BCUT2D eigenvalue weighted by Gasteiger charge is 2.58. The number of nitrogens with zero attached hydrogens (tertiary/aromatic N) is 1. The molecule has 4 rings (SSSR count). The van der Waals surface area contributed by atoms with E-state index in [1.165, 1.54) is 0 Å².